The molecule has 34 heavy (non-hydrogen) atoms. The van der Waals surface area contributed by atoms with Gasteiger partial charge in [-0.15, -0.1) is 11.3 Å². The molecule has 0 unspecified atom stereocenters. The minimum atomic E-state index is -0.874. The van der Waals surface area contributed by atoms with Crippen molar-refractivity contribution in [1.82, 2.24) is 9.80 Å². The Balaban J connectivity index is 1.28. The maximum atomic E-state index is 13.3. The maximum absolute atomic E-state index is 13.3. The minimum absolute atomic E-state index is 0.0624. The Hall–Kier alpha value is -2.72. The normalized spacial score (nSPS) is 26.6. The Morgan fingerprint density at radius 2 is 1.59 bits per heavy atom. The number of hydrogen-bond acceptors (Lipinski definition) is 6. The molecule has 3 saturated carbocycles. The molecule has 4 fully saturated rings. The largest absolute Gasteiger partial charge is 0.481 e. The topological polar surface area (TPSA) is 121 Å². The van der Waals surface area contributed by atoms with Crippen molar-refractivity contribution in [3.05, 3.63) is 38.2 Å². The van der Waals surface area contributed by atoms with Crippen molar-refractivity contribution in [2.75, 3.05) is 26.2 Å². The third kappa shape index (κ3) is 3.82. The van der Waals surface area contributed by atoms with E-state index >= 15 is 0 Å². The fourth-order valence-corrected chi connectivity index (χ4v) is 7.46. The molecule has 4 aliphatic rings. The summed E-state index contributed by atoms with van der Waals surface area (Å²) < 4.78 is 0.573. The molecule has 1 N–H and O–H groups in total. The van der Waals surface area contributed by atoms with Gasteiger partial charge in [-0.25, -0.2) is 0 Å². The third-order valence-electron chi connectivity index (χ3n) is 7.69. The van der Waals surface area contributed by atoms with Crippen LogP contribution in [0.15, 0.2) is 18.2 Å². The zero-order valence-corrected chi connectivity index (χ0v) is 19.9. The van der Waals surface area contributed by atoms with Crippen LogP contribution in [0.25, 0.3) is 10.1 Å². The number of nitrogens with zero attached hydrogens (tertiary/aromatic N) is 3. The van der Waals surface area contributed by atoms with Crippen LogP contribution < -0.4 is 0 Å². The first-order valence-electron chi connectivity index (χ1n) is 11.4. The molecular formula is C23H24ClN3O6S. The summed E-state index contributed by atoms with van der Waals surface area (Å²) in [5.74, 6) is -2.12. The van der Waals surface area contributed by atoms with Crippen LogP contribution in [0.3, 0.4) is 0 Å². The van der Waals surface area contributed by atoms with Crippen LogP contribution in [0, 0.1) is 33.8 Å². The Kier molecular flexibility index (Phi) is 5.97. The number of aliphatic carboxylic acids is 1. The van der Waals surface area contributed by atoms with Crippen molar-refractivity contribution in [3.8, 4) is 0 Å². The number of nitro groups is 1. The Morgan fingerprint density at radius 3 is 2.18 bits per heavy atom. The van der Waals surface area contributed by atoms with Crippen molar-refractivity contribution in [2.45, 2.75) is 25.7 Å². The smallest absolute Gasteiger partial charge is 0.307 e. The van der Waals surface area contributed by atoms with E-state index < -0.39 is 22.7 Å². The molecule has 6 rings (SSSR count). The number of halogens is 1. The van der Waals surface area contributed by atoms with Crippen LogP contribution in [0.2, 0.25) is 5.02 Å². The first-order valence-corrected chi connectivity index (χ1v) is 12.6. The maximum Gasteiger partial charge on any atom is 0.307 e. The van der Waals surface area contributed by atoms with Crippen LogP contribution in [0.5, 0.6) is 0 Å². The average Bonchev–Trinajstić information content (AvgIpc) is 3.19. The molecule has 11 heteroatoms. The molecule has 1 aliphatic heterocycles. The predicted molar refractivity (Wildman–Crippen MR) is 126 cm³/mol. The molecule has 1 aromatic carbocycles. The second-order valence-electron chi connectivity index (χ2n) is 9.36. The Bertz CT molecular complexity index is 1180. The quantitative estimate of drug-likeness (QED) is 0.497. The van der Waals surface area contributed by atoms with E-state index in [1.165, 1.54) is 12.1 Å². The van der Waals surface area contributed by atoms with Crippen molar-refractivity contribution < 1.29 is 24.4 Å². The summed E-state index contributed by atoms with van der Waals surface area (Å²) in [5.41, 5.74) is -0.0624. The number of hydrogen-bond donors (Lipinski definition) is 1. The van der Waals surface area contributed by atoms with Crippen molar-refractivity contribution >= 4 is 56.5 Å². The number of carboxylic acid groups (broad SMARTS) is 1. The molecular weight excluding hydrogens is 482 g/mol. The van der Waals surface area contributed by atoms with E-state index in [9.17, 15) is 29.6 Å². The number of benzene rings is 1. The number of carbonyl (C=O) groups excluding carboxylic acids is 2. The van der Waals surface area contributed by atoms with E-state index in [1.54, 1.807) is 15.9 Å². The number of carboxylic acids is 1. The monoisotopic (exact) mass is 505 g/mol. The zero-order chi connectivity index (χ0) is 24.1. The molecule has 1 aromatic heterocycles. The lowest BCUT2D eigenvalue weighted by Crippen LogP contribution is -2.56. The number of fused-ring (bicyclic) bond motifs is 4. The van der Waals surface area contributed by atoms with Crippen molar-refractivity contribution in [2.24, 2.45) is 23.7 Å². The first kappa shape index (κ1) is 23.0. The summed E-state index contributed by atoms with van der Waals surface area (Å²) in [7, 11) is 0. The first-order chi connectivity index (χ1) is 16.3. The molecule has 2 aromatic rings. The van der Waals surface area contributed by atoms with Gasteiger partial charge in [0.05, 0.1) is 21.8 Å². The highest BCUT2D eigenvalue weighted by atomic mass is 35.5. The molecule has 2 heterocycles. The van der Waals surface area contributed by atoms with Gasteiger partial charge in [0.1, 0.15) is 4.88 Å². The number of non-ortho nitro benzene ring substituents is 1. The number of rotatable bonds is 4. The number of amides is 2. The summed E-state index contributed by atoms with van der Waals surface area (Å²) >= 11 is 7.56. The lowest BCUT2D eigenvalue weighted by molar-refractivity contribution is -0.384. The molecule has 0 radical (unpaired) electrons. The van der Waals surface area contributed by atoms with Gasteiger partial charge in [-0.2, -0.15) is 0 Å². The highest BCUT2D eigenvalue weighted by Gasteiger charge is 2.51. The van der Waals surface area contributed by atoms with Gasteiger partial charge in [0.15, 0.2) is 0 Å². The van der Waals surface area contributed by atoms with E-state index in [0.29, 0.717) is 41.1 Å². The van der Waals surface area contributed by atoms with Gasteiger partial charge < -0.3 is 14.9 Å². The van der Waals surface area contributed by atoms with Crippen LogP contribution in [0.1, 0.15) is 35.4 Å². The standard InChI is InChI=1S/C23H24ClN3O6S/c24-19-15-6-5-14(27(32)33)11-16(15)34-20(19)22(29)26-9-7-25(8-10-26)21(28)17-12-1-3-13(4-2-12)18(17)23(30)31/h5-6,11-13,17-18H,1-4,7-10H2,(H,30,31)/t12?,13?,17-,18+/m1/s1. The number of carbonyl (C=O) groups is 3. The van der Waals surface area contributed by atoms with Gasteiger partial charge in [-0.05, 0) is 43.6 Å². The molecule has 2 amide bonds. The number of piperazine rings is 1. The van der Waals surface area contributed by atoms with Crippen LogP contribution >= 0.6 is 22.9 Å². The summed E-state index contributed by atoms with van der Waals surface area (Å²) in [4.78, 5) is 52.7. The SMILES string of the molecule is O=C(O)[C@H]1C2CCC(CC2)[C@H]1C(=O)N1CCN(C(=O)c2sc3cc([N+](=O)[O-])ccc3c2Cl)CC1. The van der Waals surface area contributed by atoms with E-state index in [0.717, 1.165) is 37.0 Å². The number of nitro benzene ring substituents is 1. The summed E-state index contributed by atoms with van der Waals surface area (Å²) in [6.45, 7) is 1.35. The highest BCUT2D eigenvalue weighted by Crippen LogP contribution is 2.49. The summed E-state index contributed by atoms with van der Waals surface area (Å²) in [6, 6.07) is 4.33. The van der Waals surface area contributed by atoms with Crippen LogP contribution in [-0.2, 0) is 9.59 Å². The zero-order valence-electron chi connectivity index (χ0n) is 18.3. The van der Waals surface area contributed by atoms with Gasteiger partial charge in [-0.1, -0.05) is 11.6 Å². The van der Waals surface area contributed by atoms with E-state index in [-0.39, 0.29) is 34.4 Å². The molecule has 3 aliphatic carbocycles. The van der Waals surface area contributed by atoms with E-state index in [1.807, 2.05) is 0 Å². The second kappa shape index (κ2) is 8.81. The molecule has 1 saturated heterocycles. The lowest BCUT2D eigenvalue weighted by Gasteiger charge is -2.48. The average molecular weight is 506 g/mol. The lowest BCUT2D eigenvalue weighted by atomic mass is 9.58. The molecule has 2 atom stereocenters. The molecule has 180 valence electrons. The summed E-state index contributed by atoms with van der Waals surface area (Å²) in [6.07, 6.45) is 3.58. The summed E-state index contributed by atoms with van der Waals surface area (Å²) in [5, 5.41) is 21.7. The molecule has 2 bridgehead atoms. The third-order valence-corrected chi connectivity index (χ3v) is 9.33. The van der Waals surface area contributed by atoms with E-state index in [4.69, 9.17) is 11.6 Å². The van der Waals surface area contributed by atoms with Gasteiger partial charge in [0.2, 0.25) is 5.91 Å². The van der Waals surface area contributed by atoms with Gasteiger partial charge >= 0.3 is 5.97 Å². The highest BCUT2D eigenvalue weighted by molar-refractivity contribution is 7.21. The predicted octanol–water partition coefficient (Wildman–Crippen LogP) is 3.88. The van der Waals surface area contributed by atoms with Gasteiger partial charge in [0, 0.05) is 48.4 Å². The van der Waals surface area contributed by atoms with Crippen molar-refractivity contribution in [1.29, 1.82) is 0 Å². The van der Waals surface area contributed by atoms with Crippen molar-refractivity contribution in [3.63, 3.8) is 0 Å². The Labute approximate surface area is 204 Å². The fraction of sp³-hybridized carbons (Fsp3) is 0.522. The van der Waals surface area contributed by atoms with Gasteiger partial charge in [0.25, 0.3) is 11.6 Å². The molecule has 9 nitrogen and oxygen atoms in total. The van der Waals surface area contributed by atoms with Crippen LogP contribution in [0.4, 0.5) is 5.69 Å². The van der Waals surface area contributed by atoms with Gasteiger partial charge in [-0.3, -0.25) is 24.5 Å². The van der Waals surface area contributed by atoms with Crippen LogP contribution in [-0.4, -0.2) is 63.8 Å². The number of thiophene rings is 1. The minimum Gasteiger partial charge on any atom is -0.481 e. The van der Waals surface area contributed by atoms with E-state index in [2.05, 4.69) is 0 Å². The Morgan fingerprint density at radius 1 is 1.00 bits per heavy atom. The molecule has 0 spiro atoms. The second-order valence-corrected chi connectivity index (χ2v) is 10.8. The fourth-order valence-electron chi connectivity index (χ4n) is 5.95.